The van der Waals surface area contributed by atoms with Gasteiger partial charge in [-0.3, -0.25) is 4.79 Å². The van der Waals surface area contributed by atoms with E-state index in [9.17, 15) is 4.79 Å². The van der Waals surface area contributed by atoms with Crippen LogP contribution in [0, 0.1) is 6.92 Å². The molecule has 2 N–H and O–H groups in total. The first kappa shape index (κ1) is 13.9. The van der Waals surface area contributed by atoms with Crippen molar-refractivity contribution in [2.24, 2.45) is 5.73 Å². The normalized spacial score (nSPS) is 10.7. The Labute approximate surface area is 118 Å². The Morgan fingerprint density at radius 1 is 1.20 bits per heavy atom. The van der Waals surface area contributed by atoms with Crippen LogP contribution in [0.4, 0.5) is 0 Å². The number of hydrogen-bond acceptors (Lipinski definition) is 2. The molecule has 2 rings (SSSR count). The number of hydrogen-bond donors (Lipinski definition) is 1. The first-order valence-corrected chi connectivity index (χ1v) is 6.40. The van der Waals surface area contributed by atoms with Gasteiger partial charge in [0.2, 0.25) is 5.91 Å². The lowest BCUT2D eigenvalue weighted by molar-refractivity contribution is -0.113. The van der Waals surface area contributed by atoms with E-state index in [0.29, 0.717) is 6.61 Å². The minimum absolute atomic E-state index is 0.450. The molecule has 102 valence electrons. The maximum atomic E-state index is 10.7. The van der Waals surface area contributed by atoms with Gasteiger partial charge >= 0.3 is 0 Å². The predicted octanol–water partition coefficient (Wildman–Crippen LogP) is 3.07. The summed E-state index contributed by atoms with van der Waals surface area (Å²) in [6, 6.07) is 15.7. The Bertz CT molecular complexity index is 618. The van der Waals surface area contributed by atoms with Crippen LogP contribution < -0.4 is 10.5 Å². The number of carbonyl (C=O) groups is 1. The minimum atomic E-state index is -0.450. The van der Waals surface area contributed by atoms with Crippen LogP contribution in [0.5, 0.6) is 5.75 Å². The van der Waals surface area contributed by atoms with Gasteiger partial charge in [0.15, 0.2) is 0 Å². The lowest BCUT2D eigenvalue weighted by Gasteiger charge is -2.08. The lowest BCUT2D eigenvalue weighted by atomic mass is 10.1. The largest absolute Gasteiger partial charge is 0.489 e. The van der Waals surface area contributed by atoms with E-state index >= 15 is 0 Å². The first-order chi connectivity index (χ1) is 9.65. The summed E-state index contributed by atoms with van der Waals surface area (Å²) in [6.45, 7) is 2.51. The second-order valence-corrected chi connectivity index (χ2v) is 4.53. The Kier molecular flexibility index (Phi) is 4.56. The van der Waals surface area contributed by atoms with Crippen LogP contribution in [-0.2, 0) is 11.4 Å². The van der Waals surface area contributed by atoms with Crippen LogP contribution in [0.15, 0.2) is 54.6 Å². The number of ether oxygens (including phenoxy) is 1. The highest BCUT2D eigenvalue weighted by Crippen LogP contribution is 2.19. The summed E-state index contributed by atoms with van der Waals surface area (Å²) in [5.41, 5.74) is 8.20. The average molecular weight is 267 g/mol. The molecule has 0 radical (unpaired) electrons. The molecule has 2 aromatic rings. The molecule has 0 aliphatic heterocycles. The number of aryl methyl sites for hydroxylation is 1. The number of rotatable bonds is 5. The summed E-state index contributed by atoms with van der Waals surface area (Å²) >= 11 is 0. The van der Waals surface area contributed by atoms with Gasteiger partial charge in [0.25, 0.3) is 0 Å². The van der Waals surface area contributed by atoms with Gasteiger partial charge in [0, 0.05) is 6.08 Å². The average Bonchev–Trinajstić information content (AvgIpc) is 2.45. The molecule has 0 aromatic heterocycles. The minimum Gasteiger partial charge on any atom is -0.489 e. The monoisotopic (exact) mass is 267 g/mol. The quantitative estimate of drug-likeness (QED) is 0.846. The van der Waals surface area contributed by atoms with Crippen molar-refractivity contribution in [1.29, 1.82) is 0 Å². The van der Waals surface area contributed by atoms with Crippen molar-refractivity contribution in [2.45, 2.75) is 13.5 Å². The molecule has 0 spiro atoms. The number of primary amides is 1. The third-order valence-corrected chi connectivity index (χ3v) is 2.92. The molecule has 0 fully saturated rings. The fraction of sp³-hybridized carbons (Fsp3) is 0.118. The molecule has 0 saturated carbocycles. The Morgan fingerprint density at radius 2 is 1.95 bits per heavy atom. The van der Waals surface area contributed by atoms with Crippen molar-refractivity contribution >= 4 is 12.0 Å². The molecule has 0 bridgehead atoms. The van der Waals surface area contributed by atoms with E-state index in [1.54, 1.807) is 6.08 Å². The zero-order chi connectivity index (χ0) is 14.4. The highest BCUT2D eigenvalue weighted by atomic mass is 16.5. The van der Waals surface area contributed by atoms with Crippen molar-refractivity contribution in [3.05, 3.63) is 71.3 Å². The van der Waals surface area contributed by atoms with E-state index in [1.807, 2.05) is 55.5 Å². The molecule has 0 aliphatic rings. The smallest absolute Gasteiger partial charge is 0.241 e. The van der Waals surface area contributed by atoms with Gasteiger partial charge < -0.3 is 10.5 Å². The van der Waals surface area contributed by atoms with Gasteiger partial charge in [0.05, 0.1) is 0 Å². The van der Waals surface area contributed by atoms with Crippen LogP contribution in [0.3, 0.4) is 0 Å². The second kappa shape index (κ2) is 6.57. The predicted molar refractivity (Wildman–Crippen MR) is 80.2 cm³/mol. The van der Waals surface area contributed by atoms with Crippen LogP contribution in [-0.4, -0.2) is 5.91 Å². The number of nitrogens with two attached hydrogens (primary N) is 1. The van der Waals surface area contributed by atoms with Gasteiger partial charge in [-0.2, -0.15) is 0 Å². The standard InChI is InChI=1S/C17H17NO2/c1-13-11-16(9-7-15(13)8-10-17(18)19)20-12-14-5-3-2-4-6-14/h2-11H,12H2,1H3,(H2,18,19)/b10-8-. The van der Waals surface area contributed by atoms with Gasteiger partial charge in [-0.25, -0.2) is 0 Å². The summed E-state index contributed by atoms with van der Waals surface area (Å²) < 4.78 is 5.74. The zero-order valence-corrected chi connectivity index (χ0v) is 11.4. The van der Waals surface area contributed by atoms with Crippen molar-refractivity contribution < 1.29 is 9.53 Å². The summed E-state index contributed by atoms with van der Waals surface area (Å²) in [4.78, 5) is 10.7. The Balaban J connectivity index is 2.04. The molecule has 3 heteroatoms. The molecule has 3 nitrogen and oxygen atoms in total. The topological polar surface area (TPSA) is 52.3 Å². The SMILES string of the molecule is Cc1cc(OCc2ccccc2)ccc1/C=C\C(N)=O. The second-order valence-electron chi connectivity index (χ2n) is 4.53. The fourth-order valence-corrected chi connectivity index (χ4v) is 1.84. The molecule has 0 atom stereocenters. The molecule has 0 aliphatic carbocycles. The lowest BCUT2D eigenvalue weighted by Crippen LogP contribution is -2.05. The van der Waals surface area contributed by atoms with E-state index in [-0.39, 0.29) is 0 Å². The molecule has 0 unspecified atom stereocenters. The summed E-state index contributed by atoms with van der Waals surface area (Å²) in [5.74, 6) is 0.358. The van der Waals surface area contributed by atoms with E-state index in [2.05, 4.69) is 0 Å². The highest BCUT2D eigenvalue weighted by molar-refractivity contribution is 5.90. The Hall–Kier alpha value is -2.55. The van der Waals surface area contributed by atoms with Crippen LogP contribution >= 0.6 is 0 Å². The van der Waals surface area contributed by atoms with Crippen molar-refractivity contribution in [2.75, 3.05) is 0 Å². The number of benzene rings is 2. The van der Waals surface area contributed by atoms with Gasteiger partial charge in [-0.05, 0) is 41.8 Å². The summed E-state index contributed by atoms with van der Waals surface area (Å²) in [5, 5.41) is 0. The van der Waals surface area contributed by atoms with E-state index in [0.717, 1.165) is 22.4 Å². The van der Waals surface area contributed by atoms with E-state index < -0.39 is 5.91 Å². The van der Waals surface area contributed by atoms with E-state index in [4.69, 9.17) is 10.5 Å². The summed E-state index contributed by atoms with van der Waals surface area (Å²) in [7, 11) is 0. The molecular weight excluding hydrogens is 250 g/mol. The van der Waals surface area contributed by atoms with Crippen LogP contribution in [0.25, 0.3) is 6.08 Å². The van der Waals surface area contributed by atoms with Crippen molar-refractivity contribution in [1.82, 2.24) is 0 Å². The number of carbonyl (C=O) groups excluding carboxylic acids is 1. The van der Waals surface area contributed by atoms with Crippen molar-refractivity contribution in [3.63, 3.8) is 0 Å². The molecule has 0 heterocycles. The third-order valence-electron chi connectivity index (χ3n) is 2.92. The summed E-state index contributed by atoms with van der Waals surface area (Å²) in [6.07, 6.45) is 3.06. The van der Waals surface area contributed by atoms with Gasteiger partial charge in [-0.1, -0.05) is 36.4 Å². The molecule has 0 saturated heterocycles. The van der Waals surface area contributed by atoms with Gasteiger partial charge in [-0.15, -0.1) is 0 Å². The van der Waals surface area contributed by atoms with E-state index in [1.165, 1.54) is 6.08 Å². The zero-order valence-electron chi connectivity index (χ0n) is 11.4. The molecular formula is C17H17NO2. The van der Waals surface area contributed by atoms with Gasteiger partial charge in [0.1, 0.15) is 12.4 Å². The fourth-order valence-electron chi connectivity index (χ4n) is 1.84. The number of amides is 1. The maximum Gasteiger partial charge on any atom is 0.241 e. The van der Waals surface area contributed by atoms with Crippen molar-refractivity contribution in [3.8, 4) is 5.75 Å². The molecule has 20 heavy (non-hydrogen) atoms. The third kappa shape index (κ3) is 3.99. The molecule has 2 aromatic carbocycles. The molecule has 1 amide bonds. The Morgan fingerprint density at radius 3 is 2.60 bits per heavy atom. The van der Waals surface area contributed by atoms with Crippen LogP contribution in [0.1, 0.15) is 16.7 Å². The van der Waals surface area contributed by atoms with Crippen LogP contribution in [0.2, 0.25) is 0 Å². The first-order valence-electron chi connectivity index (χ1n) is 6.40. The highest BCUT2D eigenvalue weighted by Gasteiger charge is 2.00. The maximum absolute atomic E-state index is 10.7.